The van der Waals surface area contributed by atoms with E-state index in [1.54, 1.807) is 0 Å². The lowest BCUT2D eigenvalue weighted by Crippen LogP contribution is -2.29. The number of hydrogen-bond acceptors (Lipinski definition) is 4. The Balaban J connectivity index is 2.90. The molecule has 0 aliphatic carbocycles. The van der Waals surface area contributed by atoms with Gasteiger partial charge in [0.15, 0.2) is 5.03 Å². The van der Waals surface area contributed by atoms with Gasteiger partial charge in [0, 0.05) is 13.6 Å². The van der Waals surface area contributed by atoms with E-state index in [9.17, 15) is 8.42 Å². The third kappa shape index (κ3) is 2.06. The summed E-state index contributed by atoms with van der Waals surface area (Å²) in [6.07, 6.45) is 2.52. The number of aromatic nitrogens is 2. The summed E-state index contributed by atoms with van der Waals surface area (Å²) < 4.78 is 24.1. The maximum Gasteiger partial charge on any atom is 0.259 e. The lowest BCUT2D eigenvalue weighted by atomic mass is 10.7. The minimum Gasteiger partial charge on any atom is -0.395 e. The fourth-order valence-electron chi connectivity index (χ4n) is 0.813. The van der Waals surface area contributed by atoms with Crippen molar-refractivity contribution in [3.05, 3.63) is 12.5 Å². The number of aliphatic hydroxyl groups excluding tert-OH is 1. The van der Waals surface area contributed by atoms with Crippen molar-refractivity contribution in [1.29, 1.82) is 0 Å². The van der Waals surface area contributed by atoms with Crippen LogP contribution in [0, 0.1) is 0 Å². The first-order valence-corrected chi connectivity index (χ1v) is 5.08. The van der Waals surface area contributed by atoms with E-state index in [0.29, 0.717) is 0 Å². The number of H-pyrrole nitrogens is 1. The van der Waals surface area contributed by atoms with Crippen LogP contribution in [0.2, 0.25) is 0 Å². The first-order chi connectivity index (χ1) is 6.09. The molecule has 2 N–H and O–H groups in total. The zero-order valence-electron chi connectivity index (χ0n) is 7.14. The average Bonchev–Trinajstić information content (AvgIpc) is 2.56. The summed E-state index contributed by atoms with van der Waals surface area (Å²) in [4.78, 5) is 6.10. The highest BCUT2D eigenvalue weighted by molar-refractivity contribution is 7.89. The van der Waals surface area contributed by atoms with Gasteiger partial charge in [0.1, 0.15) is 0 Å². The number of aliphatic hydroxyl groups is 1. The molecule has 0 aliphatic heterocycles. The Labute approximate surface area is 76.3 Å². The van der Waals surface area contributed by atoms with Crippen LogP contribution in [0.5, 0.6) is 0 Å². The molecule has 1 heterocycles. The zero-order chi connectivity index (χ0) is 9.90. The van der Waals surface area contributed by atoms with Crippen molar-refractivity contribution in [2.24, 2.45) is 0 Å². The molecule has 0 aromatic carbocycles. The molecule has 0 spiro atoms. The molecule has 74 valence electrons. The molecule has 0 atom stereocenters. The molecule has 1 aromatic rings. The number of aromatic amines is 1. The van der Waals surface area contributed by atoms with Gasteiger partial charge in [0.25, 0.3) is 10.0 Å². The topological polar surface area (TPSA) is 86.3 Å². The highest BCUT2D eigenvalue weighted by Gasteiger charge is 2.20. The van der Waals surface area contributed by atoms with Crippen molar-refractivity contribution in [1.82, 2.24) is 14.3 Å². The van der Waals surface area contributed by atoms with E-state index in [1.165, 1.54) is 19.6 Å². The number of sulfonamides is 1. The Morgan fingerprint density at radius 3 is 2.85 bits per heavy atom. The normalized spacial score (nSPS) is 12.2. The Morgan fingerprint density at radius 2 is 2.38 bits per heavy atom. The van der Waals surface area contributed by atoms with E-state index >= 15 is 0 Å². The molecule has 0 aliphatic rings. The number of nitrogens with one attached hydrogen (secondary N) is 1. The predicted molar refractivity (Wildman–Crippen MR) is 45.5 cm³/mol. The Kier molecular flexibility index (Phi) is 3.02. The van der Waals surface area contributed by atoms with Crippen LogP contribution in [0.15, 0.2) is 17.6 Å². The lowest BCUT2D eigenvalue weighted by Gasteiger charge is -2.13. The molecule has 7 heteroatoms. The monoisotopic (exact) mass is 205 g/mol. The van der Waals surface area contributed by atoms with Crippen LogP contribution in [-0.4, -0.2) is 48.0 Å². The smallest absolute Gasteiger partial charge is 0.259 e. The maximum atomic E-state index is 11.5. The third-order valence-corrected chi connectivity index (χ3v) is 3.36. The van der Waals surface area contributed by atoms with Gasteiger partial charge in [-0.1, -0.05) is 0 Å². The van der Waals surface area contributed by atoms with Gasteiger partial charge in [0.05, 0.1) is 19.1 Å². The third-order valence-electron chi connectivity index (χ3n) is 1.58. The minimum atomic E-state index is -3.50. The van der Waals surface area contributed by atoms with E-state index in [0.717, 1.165) is 4.31 Å². The summed E-state index contributed by atoms with van der Waals surface area (Å²) in [5.74, 6) is 0. The van der Waals surface area contributed by atoms with Gasteiger partial charge < -0.3 is 10.1 Å². The molecule has 13 heavy (non-hydrogen) atoms. The van der Waals surface area contributed by atoms with Crippen molar-refractivity contribution in [3.8, 4) is 0 Å². The van der Waals surface area contributed by atoms with Gasteiger partial charge >= 0.3 is 0 Å². The number of rotatable bonds is 4. The minimum absolute atomic E-state index is 0.0310. The van der Waals surface area contributed by atoms with Crippen LogP contribution in [-0.2, 0) is 10.0 Å². The number of hydrogen-bond donors (Lipinski definition) is 2. The molecule has 0 unspecified atom stereocenters. The van der Waals surface area contributed by atoms with E-state index in [1.807, 2.05) is 0 Å². The summed E-state index contributed by atoms with van der Waals surface area (Å²) in [6, 6.07) is 0. The van der Waals surface area contributed by atoms with Gasteiger partial charge in [-0.15, -0.1) is 0 Å². The fourth-order valence-corrected chi connectivity index (χ4v) is 1.87. The second-order valence-corrected chi connectivity index (χ2v) is 4.48. The number of likely N-dealkylation sites (N-methyl/N-ethyl adjacent to an activating group) is 1. The standard InChI is InChI=1S/C6H11N3O3S/c1-9(2-3-10)13(11,12)6-4-7-5-8-6/h4-5,10H,2-3H2,1H3,(H,7,8). The molecule has 1 rings (SSSR count). The molecule has 0 amide bonds. The average molecular weight is 205 g/mol. The number of nitrogens with zero attached hydrogens (tertiary/aromatic N) is 2. The molecular weight excluding hydrogens is 194 g/mol. The summed E-state index contributed by atoms with van der Waals surface area (Å²) in [5.41, 5.74) is 0. The maximum absolute atomic E-state index is 11.5. The van der Waals surface area contributed by atoms with Crippen molar-refractivity contribution in [3.63, 3.8) is 0 Å². The SMILES string of the molecule is CN(CCO)S(=O)(=O)c1cnc[nH]1. The molecular formula is C6H11N3O3S. The van der Waals surface area contributed by atoms with E-state index in [-0.39, 0.29) is 18.2 Å². The molecule has 0 saturated heterocycles. The van der Waals surface area contributed by atoms with E-state index in [2.05, 4.69) is 9.97 Å². The molecule has 0 saturated carbocycles. The highest BCUT2D eigenvalue weighted by Crippen LogP contribution is 2.08. The summed E-state index contributed by atoms with van der Waals surface area (Å²) in [7, 11) is -2.11. The van der Waals surface area contributed by atoms with Crippen LogP contribution in [0.4, 0.5) is 0 Å². The molecule has 1 aromatic heterocycles. The van der Waals surface area contributed by atoms with Gasteiger partial charge in [-0.05, 0) is 0 Å². The molecule has 0 radical (unpaired) electrons. The quantitative estimate of drug-likeness (QED) is 0.661. The lowest BCUT2D eigenvalue weighted by molar-refractivity contribution is 0.266. The second-order valence-electron chi connectivity index (χ2n) is 2.47. The van der Waals surface area contributed by atoms with Gasteiger partial charge in [-0.2, -0.15) is 4.31 Å². The van der Waals surface area contributed by atoms with Crippen LogP contribution in [0.25, 0.3) is 0 Å². The van der Waals surface area contributed by atoms with Crippen LogP contribution >= 0.6 is 0 Å². The number of imidazole rings is 1. The van der Waals surface area contributed by atoms with Crippen molar-refractivity contribution in [2.75, 3.05) is 20.2 Å². The van der Waals surface area contributed by atoms with Crippen LogP contribution in [0.1, 0.15) is 0 Å². The molecule has 0 fully saturated rings. The van der Waals surface area contributed by atoms with E-state index in [4.69, 9.17) is 5.11 Å². The Morgan fingerprint density at radius 1 is 1.69 bits per heavy atom. The summed E-state index contributed by atoms with van der Waals surface area (Å²) in [5, 5.41) is 8.60. The van der Waals surface area contributed by atoms with Gasteiger partial charge in [-0.25, -0.2) is 13.4 Å². The van der Waals surface area contributed by atoms with Crippen LogP contribution < -0.4 is 0 Å². The van der Waals surface area contributed by atoms with E-state index < -0.39 is 10.0 Å². The first kappa shape index (κ1) is 10.2. The first-order valence-electron chi connectivity index (χ1n) is 3.64. The zero-order valence-corrected chi connectivity index (χ0v) is 7.95. The van der Waals surface area contributed by atoms with Crippen molar-refractivity contribution < 1.29 is 13.5 Å². The Hall–Kier alpha value is -0.920. The van der Waals surface area contributed by atoms with Gasteiger partial charge in [-0.3, -0.25) is 0 Å². The van der Waals surface area contributed by atoms with Crippen LogP contribution in [0.3, 0.4) is 0 Å². The second kappa shape index (κ2) is 3.86. The van der Waals surface area contributed by atoms with Crippen molar-refractivity contribution >= 4 is 10.0 Å². The highest BCUT2D eigenvalue weighted by atomic mass is 32.2. The summed E-state index contributed by atoms with van der Waals surface area (Å²) in [6.45, 7) is -0.134. The Bertz CT molecular complexity index is 345. The molecule has 0 bridgehead atoms. The largest absolute Gasteiger partial charge is 0.395 e. The predicted octanol–water partition coefficient (Wildman–Crippen LogP) is -0.978. The fraction of sp³-hybridized carbons (Fsp3) is 0.500. The molecule has 6 nitrogen and oxygen atoms in total. The van der Waals surface area contributed by atoms with Gasteiger partial charge in [0.2, 0.25) is 0 Å². The summed E-state index contributed by atoms with van der Waals surface area (Å²) >= 11 is 0. The van der Waals surface area contributed by atoms with Crippen molar-refractivity contribution in [2.45, 2.75) is 5.03 Å².